The fourth-order valence-corrected chi connectivity index (χ4v) is 1.99. The number of carbonyl (C=O) groups is 1. The van der Waals surface area contributed by atoms with Crippen LogP contribution < -0.4 is 0 Å². The van der Waals surface area contributed by atoms with Gasteiger partial charge in [0.15, 0.2) is 0 Å². The Labute approximate surface area is 122 Å². The lowest BCUT2D eigenvalue weighted by Gasteiger charge is -1.99. The van der Waals surface area contributed by atoms with Crippen LogP contribution >= 0.6 is 11.6 Å². The van der Waals surface area contributed by atoms with Gasteiger partial charge in [-0.1, -0.05) is 11.6 Å². The third-order valence-electron chi connectivity index (χ3n) is 2.81. The molecule has 0 N–H and O–H groups in total. The molecule has 0 atom stereocenters. The monoisotopic (exact) mass is 293 g/mol. The highest BCUT2D eigenvalue weighted by Gasteiger charge is 2.10. The third-order valence-corrected chi connectivity index (χ3v) is 3.03. The number of esters is 1. The molecule has 0 fully saturated rings. The van der Waals surface area contributed by atoms with Crippen LogP contribution in [-0.4, -0.2) is 27.3 Å². The van der Waals surface area contributed by atoms with Crippen molar-refractivity contribution in [2.45, 2.75) is 19.8 Å². The molecule has 0 aliphatic heterocycles. The first-order valence-corrected chi connectivity index (χ1v) is 6.78. The van der Waals surface area contributed by atoms with Gasteiger partial charge in [-0.3, -0.25) is 14.5 Å². The summed E-state index contributed by atoms with van der Waals surface area (Å²) in [5.41, 5.74) is 2.53. The van der Waals surface area contributed by atoms with Crippen LogP contribution in [-0.2, 0) is 23.0 Å². The Kier molecular flexibility index (Phi) is 4.74. The molecule has 5 nitrogen and oxygen atoms in total. The maximum Gasteiger partial charge on any atom is 0.306 e. The highest BCUT2D eigenvalue weighted by atomic mass is 35.5. The summed E-state index contributed by atoms with van der Waals surface area (Å²) >= 11 is 5.82. The second-order valence-electron chi connectivity index (χ2n) is 4.31. The van der Waals surface area contributed by atoms with Crippen molar-refractivity contribution in [3.63, 3.8) is 0 Å². The predicted molar refractivity (Wildman–Crippen MR) is 76.4 cm³/mol. The van der Waals surface area contributed by atoms with Gasteiger partial charge in [0.2, 0.25) is 0 Å². The minimum absolute atomic E-state index is 0.204. The summed E-state index contributed by atoms with van der Waals surface area (Å²) < 4.78 is 6.64. The lowest BCUT2D eigenvalue weighted by Crippen LogP contribution is -2.05. The number of hydrogen-bond acceptors (Lipinski definition) is 4. The van der Waals surface area contributed by atoms with Gasteiger partial charge < -0.3 is 4.74 Å². The second kappa shape index (κ2) is 6.52. The summed E-state index contributed by atoms with van der Waals surface area (Å²) in [6.45, 7) is 2.20. The average Bonchev–Trinajstić information content (AvgIpc) is 2.79. The molecule has 0 saturated heterocycles. The van der Waals surface area contributed by atoms with E-state index in [9.17, 15) is 4.79 Å². The highest BCUT2D eigenvalue weighted by molar-refractivity contribution is 6.30. The predicted octanol–water partition coefficient (Wildman–Crippen LogP) is 2.63. The highest BCUT2D eigenvalue weighted by Crippen LogP contribution is 2.19. The lowest BCUT2D eigenvalue weighted by molar-refractivity contribution is -0.143. The molecule has 0 spiro atoms. The maximum atomic E-state index is 11.3. The largest absolute Gasteiger partial charge is 0.466 e. The minimum Gasteiger partial charge on any atom is -0.466 e. The van der Waals surface area contributed by atoms with Crippen LogP contribution in [0, 0.1) is 0 Å². The number of carbonyl (C=O) groups excluding carboxylic acids is 1. The molecule has 0 amide bonds. The molecule has 0 bridgehead atoms. The molecule has 2 aromatic heterocycles. The van der Waals surface area contributed by atoms with E-state index in [1.807, 2.05) is 19.2 Å². The van der Waals surface area contributed by atoms with E-state index in [1.165, 1.54) is 0 Å². The molecule has 2 rings (SSSR count). The fourth-order valence-electron chi connectivity index (χ4n) is 1.88. The zero-order chi connectivity index (χ0) is 14.5. The smallest absolute Gasteiger partial charge is 0.306 e. The topological polar surface area (TPSA) is 57.0 Å². The molecule has 106 valence electrons. The van der Waals surface area contributed by atoms with Crippen LogP contribution in [0.15, 0.2) is 24.4 Å². The molecule has 2 aromatic rings. The quantitative estimate of drug-likeness (QED) is 0.795. The van der Waals surface area contributed by atoms with Crippen molar-refractivity contribution >= 4 is 17.6 Å². The molecule has 20 heavy (non-hydrogen) atoms. The first kappa shape index (κ1) is 14.5. The van der Waals surface area contributed by atoms with Crippen molar-refractivity contribution < 1.29 is 9.53 Å². The van der Waals surface area contributed by atoms with Gasteiger partial charge in [-0.2, -0.15) is 5.10 Å². The number of aromatic nitrogens is 3. The Bertz CT molecular complexity index is 593. The standard InChI is InChI=1S/C14H16ClN3O2/c1-3-20-14(19)7-5-11-8-13(18(2)17-11)12-6-4-10(15)9-16-12/h4,6,8-9H,3,5,7H2,1-2H3. The lowest BCUT2D eigenvalue weighted by atomic mass is 10.2. The number of hydrogen-bond donors (Lipinski definition) is 0. The van der Waals surface area contributed by atoms with Gasteiger partial charge in [-0.05, 0) is 25.1 Å². The molecule has 0 unspecified atom stereocenters. The minimum atomic E-state index is -0.204. The molecule has 0 radical (unpaired) electrons. The van der Waals surface area contributed by atoms with Crippen LogP contribution in [0.4, 0.5) is 0 Å². The normalized spacial score (nSPS) is 10.6. The summed E-state index contributed by atoms with van der Waals surface area (Å²) in [7, 11) is 1.85. The van der Waals surface area contributed by atoms with Crippen molar-refractivity contribution in [2.24, 2.45) is 7.05 Å². The van der Waals surface area contributed by atoms with Crippen LogP contribution in [0.5, 0.6) is 0 Å². The Morgan fingerprint density at radius 2 is 2.25 bits per heavy atom. The Balaban J connectivity index is 2.09. The number of nitrogens with zero attached hydrogens (tertiary/aromatic N) is 3. The van der Waals surface area contributed by atoms with Crippen LogP contribution in [0.3, 0.4) is 0 Å². The molecule has 0 saturated carbocycles. The van der Waals surface area contributed by atoms with Crippen molar-refractivity contribution in [2.75, 3.05) is 6.61 Å². The first-order chi connectivity index (χ1) is 9.60. The molecule has 2 heterocycles. The zero-order valence-corrected chi connectivity index (χ0v) is 12.2. The van der Waals surface area contributed by atoms with E-state index in [2.05, 4.69) is 10.1 Å². The number of ether oxygens (including phenoxy) is 1. The van der Waals surface area contributed by atoms with E-state index in [-0.39, 0.29) is 5.97 Å². The van der Waals surface area contributed by atoms with Gasteiger partial charge in [-0.25, -0.2) is 0 Å². The van der Waals surface area contributed by atoms with Crippen LogP contribution in [0.1, 0.15) is 19.0 Å². The third kappa shape index (κ3) is 3.57. The van der Waals surface area contributed by atoms with Crippen molar-refractivity contribution in [3.05, 3.63) is 35.1 Å². The van der Waals surface area contributed by atoms with Gasteiger partial charge in [0.25, 0.3) is 0 Å². The van der Waals surface area contributed by atoms with Crippen molar-refractivity contribution in [1.82, 2.24) is 14.8 Å². The summed E-state index contributed by atoms with van der Waals surface area (Å²) in [4.78, 5) is 15.6. The maximum absolute atomic E-state index is 11.3. The molecule has 0 aromatic carbocycles. The van der Waals surface area contributed by atoms with Crippen LogP contribution in [0.25, 0.3) is 11.4 Å². The van der Waals surface area contributed by atoms with Gasteiger partial charge in [-0.15, -0.1) is 0 Å². The average molecular weight is 294 g/mol. The summed E-state index contributed by atoms with van der Waals surface area (Å²) in [6.07, 6.45) is 2.49. The van der Waals surface area contributed by atoms with E-state index in [0.717, 1.165) is 17.1 Å². The molecule has 6 heteroatoms. The van der Waals surface area contributed by atoms with Crippen molar-refractivity contribution in [3.8, 4) is 11.4 Å². The van der Waals surface area contributed by atoms with Gasteiger partial charge >= 0.3 is 5.97 Å². The summed E-state index contributed by atoms with van der Waals surface area (Å²) in [5.74, 6) is -0.204. The number of aryl methyl sites for hydroxylation is 2. The summed E-state index contributed by atoms with van der Waals surface area (Å²) in [6, 6.07) is 5.55. The van der Waals surface area contributed by atoms with E-state index in [0.29, 0.717) is 24.5 Å². The number of halogens is 1. The molecule has 0 aliphatic carbocycles. The zero-order valence-electron chi connectivity index (χ0n) is 11.5. The Morgan fingerprint density at radius 1 is 1.45 bits per heavy atom. The van der Waals surface area contributed by atoms with E-state index in [1.54, 1.807) is 23.9 Å². The number of pyridine rings is 1. The van der Waals surface area contributed by atoms with Crippen LogP contribution in [0.2, 0.25) is 5.02 Å². The van der Waals surface area contributed by atoms with Gasteiger partial charge in [0.1, 0.15) is 0 Å². The van der Waals surface area contributed by atoms with E-state index in [4.69, 9.17) is 16.3 Å². The Morgan fingerprint density at radius 3 is 2.90 bits per heavy atom. The summed E-state index contributed by atoms with van der Waals surface area (Å²) in [5, 5.41) is 4.97. The fraction of sp³-hybridized carbons (Fsp3) is 0.357. The second-order valence-corrected chi connectivity index (χ2v) is 4.75. The van der Waals surface area contributed by atoms with Gasteiger partial charge in [0.05, 0.1) is 35.1 Å². The van der Waals surface area contributed by atoms with E-state index < -0.39 is 0 Å². The Hall–Kier alpha value is -1.88. The number of rotatable bonds is 5. The van der Waals surface area contributed by atoms with Gasteiger partial charge in [0, 0.05) is 19.7 Å². The molecule has 0 aliphatic rings. The van der Waals surface area contributed by atoms with Crippen molar-refractivity contribution in [1.29, 1.82) is 0 Å². The molecular formula is C14H16ClN3O2. The first-order valence-electron chi connectivity index (χ1n) is 6.40. The molecular weight excluding hydrogens is 278 g/mol. The SMILES string of the molecule is CCOC(=O)CCc1cc(-c2ccc(Cl)cn2)n(C)n1. The van der Waals surface area contributed by atoms with E-state index >= 15 is 0 Å².